The van der Waals surface area contributed by atoms with Crippen molar-refractivity contribution in [2.24, 2.45) is 0 Å². The molecule has 0 radical (unpaired) electrons. The van der Waals surface area contributed by atoms with Crippen molar-refractivity contribution < 1.29 is 9.47 Å². The summed E-state index contributed by atoms with van der Waals surface area (Å²) in [5.74, 6) is 1.29. The van der Waals surface area contributed by atoms with Gasteiger partial charge in [-0.1, -0.05) is 0 Å². The van der Waals surface area contributed by atoms with Gasteiger partial charge in [-0.3, -0.25) is 0 Å². The fourth-order valence-electron chi connectivity index (χ4n) is 1.03. The zero-order valence-corrected chi connectivity index (χ0v) is 8.17. The van der Waals surface area contributed by atoms with Gasteiger partial charge in [0.1, 0.15) is 12.7 Å². The Kier molecular flexibility index (Phi) is 1.92. The summed E-state index contributed by atoms with van der Waals surface area (Å²) >= 11 is 3.31. The van der Waals surface area contributed by atoms with Crippen molar-refractivity contribution in [3.8, 4) is 11.6 Å². The fraction of sp³-hybridized carbons (Fsp3) is 0.375. The predicted octanol–water partition coefficient (Wildman–Crippen LogP) is 2.00. The van der Waals surface area contributed by atoms with Crippen molar-refractivity contribution in [3.05, 3.63) is 16.7 Å². The summed E-state index contributed by atoms with van der Waals surface area (Å²) in [4.78, 5) is 4.08. The SMILES string of the molecule is CC1COc2cc(Br)cnc2O1. The maximum absolute atomic E-state index is 5.43. The van der Waals surface area contributed by atoms with E-state index in [0.29, 0.717) is 18.2 Å². The highest BCUT2D eigenvalue weighted by Crippen LogP contribution is 2.31. The molecule has 4 heteroatoms. The lowest BCUT2D eigenvalue weighted by Gasteiger charge is -2.22. The third-order valence-electron chi connectivity index (χ3n) is 1.57. The molecule has 0 spiro atoms. The smallest absolute Gasteiger partial charge is 0.257 e. The number of hydrogen-bond acceptors (Lipinski definition) is 3. The van der Waals surface area contributed by atoms with Crippen LogP contribution in [-0.2, 0) is 0 Å². The van der Waals surface area contributed by atoms with Crippen molar-refractivity contribution >= 4 is 15.9 Å². The minimum Gasteiger partial charge on any atom is -0.484 e. The van der Waals surface area contributed by atoms with E-state index in [0.717, 1.165) is 4.47 Å². The molecule has 2 heterocycles. The first-order valence-corrected chi connectivity index (χ1v) is 4.50. The quantitative estimate of drug-likeness (QED) is 0.683. The molecule has 12 heavy (non-hydrogen) atoms. The monoisotopic (exact) mass is 229 g/mol. The average molecular weight is 230 g/mol. The molecule has 1 aromatic heterocycles. The summed E-state index contributed by atoms with van der Waals surface area (Å²) in [7, 11) is 0. The second-order valence-electron chi connectivity index (χ2n) is 2.70. The van der Waals surface area contributed by atoms with Gasteiger partial charge in [-0.05, 0) is 22.9 Å². The number of ether oxygens (including phenoxy) is 2. The number of fused-ring (bicyclic) bond motifs is 1. The summed E-state index contributed by atoms with van der Waals surface area (Å²) < 4.78 is 11.7. The Balaban J connectivity index is 2.37. The second-order valence-corrected chi connectivity index (χ2v) is 3.61. The fourth-order valence-corrected chi connectivity index (χ4v) is 1.34. The maximum atomic E-state index is 5.43. The third-order valence-corrected chi connectivity index (χ3v) is 2.00. The first-order valence-electron chi connectivity index (χ1n) is 3.71. The van der Waals surface area contributed by atoms with Crippen LogP contribution in [0.15, 0.2) is 16.7 Å². The van der Waals surface area contributed by atoms with E-state index in [2.05, 4.69) is 20.9 Å². The lowest BCUT2D eigenvalue weighted by Crippen LogP contribution is -2.26. The third kappa shape index (κ3) is 1.39. The Bertz CT molecular complexity index is 303. The van der Waals surface area contributed by atoms with Crippen LogP contribution in [0.4, 0.5) is 0 Å². The Hall–Kier alpha value is -0.770. The van der Waals surface area contributed by atoms with Gasteiger partial charge in [0.25, 0.3) is 5.88 Å². The highest BCUT2D eigenvalue weighted by Gasteiger charge is 2.18. The molecule has 0 amide bonds. The minimum atomic E-state index is 0.0891. The lowest BCUT2D eigenvalue weighted by atomic mass is 10.3. The topological polar surface area (TPSA) is 31.4 Å². The molecule has 0 saturated carbocycles. The standard InChI is InChI=1S/C8H8BrNO2/c1-5-4-11-7-2-6(9)3-10-8(7)12-5/h2-3,5H,4H2,1H3. The molecule has 0 N–H and O–H groups in total. The van der Waals surface area contributed by atoms with E-state index < -0.39 is 0 Å². The molecule has 0 fully saturated rings. The van der Waals surface area contributed by atoms with E-state index in [1.54, 1.807) is 6.20 Å². The zero-order chi connectivity index (χ0) is 8.55. The van der Waals surface area contributed by atoms with Crippen molar-refractivity contribution in [2.75, 3.05) is 6.61 Å². The van der Waals surface area contributed by atoms with Crippen LogP contribution in [0.1, 0.15) is 6.92 Å². The molecule has 64 valence electrons. The largest absolute Gasteiger partial charge is 0.484 e. The molecular formula is C8H8BrNO2. The van der Waals surface area contributed by atoms with Crippen molar-refractivity contribution in [2.45, 2.75) is 13.0 Å². The van der Waals surface area contributed by atoms with Gasteiger partial charge in [0.2, 0.25) is 0 Å². The van der Waals surface area contributed by atoms with Crippen LogP contribution in [0.3, 0.4) is 0 Å². The van der Waals surface area contributed by atoms with E-state index in [1.807, 2.05) is 13.0 Å². The van der Waals surface area contributed by atoms with Gasteiger partial charge in [-0.25, -0.2) is 4.98 Å². The normalized spacial score (nSPS) is 20.7. The summed E-state index contributed by atoms with van der Waals surface area (Å²) in [5.41, 5.74) is 0. The van der Waals surface area contributed by atoms with Crippen LogP contribution >= 0.6 is 15.9 Å². The molecule has 0 aromatic carbocycles. The van der Waals surface area contributed by atoms with Gasteiger partial charge in [-0.2, -0.15) is 0 Å². The van der Waals surface area contributed by atoms with E-state index >= 15 is 0 Å². The second kappa shape index (κ2) is 2.94. The van der Waals surface area contributed by atoms with Gasteiger partial charge in [0.05, 0.1) is 0 Å². The van der Waals surface area contributed by atoms with Gasteiger partial charge in [-0.15, -0.1) is 0 Å². The molecular weight excluding hydrogens is 222 g/mol. The van der Waals surface area contributed by atoms with E-state index in [9.17, 15) is 0 Å². The van der Waals surface area contributed by atoms with Crippen molar-refractivity contribution in [1.82, 2.24) is 4.98 Å². The number of halogens is 1. The summed E-state index contributed by atoms with van der Waals surface area (Å²) in [6.07, 6.45) is 1.78. The minimum absolute atomic E-state index is 0.0891. The Labute approximate surface area is 78.8 Å². The van der Waals surface area contributed by atoms with Crippen LogP contribution in [-0.4, -0.2) is 17.7 Å². The molecule has 1 unspecified atom stereocenters. The van der Waals surface area contributed by atoms with Crippen LogP contribution in [0.25, 0.3) is 0 Å². The van der Waals surface area contributed by atoms with Crippen LogP contribution in [0.5, 0.6) is 11.6 Å². The number of rotatable bonds is 0. The summed E-state index contributed by atoms with van der Waals surface area (Å²) in [5, 5.41) is 0. The molecule has 0 aliphatic carbocycles. The Morgan fingerprint density at radius 2 is 2.50 bits per heavy atom. The predicted molar refractivity (Wildman–Crippen MR) is 47.5 cm³/mol. The molecule has 1 aliphatic rings. The first kappa shape index (κ1) is 7.86. The summed E-state index contributed by atoms with van der Waals surface area (Å²) in [6.45, 7) is 2.54. The van der Waals surface area contributed by atoms with Crippen LogP contribution in [0.2, 0.25) is 0 Å². The Morgan fingerprint density at radius 3 is 3.33 bits per heavy atom. The van der Waals surface area contributed by atoms with E-state index in [4.69, 9.17) is 9.47 Å². The van der Waals surface area contributed by atoms with Gasteiger partial charge in [0, 0.05) is 16.7 Å². The molecule has 0 saturated heterocycles. The lowest BCUT2D eigenvalue weighted by molar-refractivity contribution is 0.0976. The first-order chi connectivity index (χ1) is 5.75. The highest BCUT2D eigenvalue weighted by atomic mass is 79.9. The molecule has 3 nitrogen and oxygen atoms in total. The molecule has 1 aromatic rings. The zero-order valence-electron chi connectivity index (χ0n) is 6.58. The van der Waals surface area contributed by atoms with Crippen LogP contribution in [0, 0.1) is 0 Å². The van der Waals surface area contributed by atoms with E-state index in [-0.39, 0.29) is 6.10 Å². The number of aromatic nitrogens is 1. The van der Waals surface area contributed by atoms with Gasteiger partial charge in [0.15, 0.2) is 5.75 Å². The van der Waals surface area contributed by atoms with Crippen molar-refractivity contribution in [3.63, 3.8) is 0 Å². The highest BCUT2D eigenvalue weighted by molar-refractivity contribution is 9.10. The average Bonchev–Trinajstić information content (AvgIpc) is 2.05. The summed E-state index contributed by atoms with van der Waals surface area (Å²) in [6, 6.07) is 1.86. The number of pyridine rings is 1. The number of nitrogens with zero attached hydrogens (tertiary/aromatic N) is 1. The van der Waals surface area contributed by atoms with Gasteiger partial charge >= 0.3 is 0 Å². The van der Waals surface area contributed by atoms with Crippen molar-refractivity contribution in [1.29, 1.82) is 0 Å². The molecule has 1 aliphatic heterocycles. The van der Waals surface area contributed by atoms with E-state index in [1.165, 1.54) is 0 Å². The molecule has 2 rings (SSSR count). The number of hydrogen-bond donors (Lipinski definition) is 0. The molecule has 0 bridgehead atoms. The van der Waals surface area contributed by atoms with Crippen LogP contribution < -0.4 is 9.47 Å². The maximum Gasteiger partial charge on any atom is 0.257 e. The van der Waals surface area contributed by atoms with Gasteiger partial charge < -0.3 is 9.47 Å². The molecule has 1 atom stereocenters. The Morgan fingerprint density at radius 1 is 1.67 bits per heavy atom.